The van der Waals surface area contributed by atoms with E-state index in [9.17, 15) is 9.59 Å². The molecule has 0 bridgehead atoms. The van der Waals surface area contributed by atoms with Crippen LogP contribution in [0.2, 0.25) is 0 Å². The Labute approximate surface area is 103 Å². The van der Waals surface area contributed by atoms with Crippen LogP contribution in [0, 0.1) is 0 Å². The topological polar surface area (TPSA) is 55.4 Å². The highest BCUT2D eigenvalue weighted by atomic mass is 16.5. The molecule has 0 radical (unpaired) electrons. The van der Waals surface area contributed by atoms with Gasteiger partial charge in [-0.05, 0) is 27.7 Å². The van der Waals surface area contributed by atoms with Gasteiger partial charge in [0.25, 0.3) is 0 Å². The lowest BCUT2D eigenvalue weighted by molar-refractivity contribution is -0.153. The predicted molar refractivity (Wildman–Crippen MR) is 65.7 cm³/mol. The largest absolute Gasteiger partial charge is 0.462 e. The minimum Gasteiger partial charge on any atom is -0.462 e. The van der Waals surface area contributed by atoms with Gasteiger partial charge >= 0.3 is 5.97 Å². The molecule has 98 valence electrons. The van der Waals surface area contributed by atoms with Crippen molar-refractivity contribution in [3.63, 3.8) is 0 Å². The quantitative estimate of drug-likeness (QED) is 0.602. The molecule has 1 aliphatic rings. The van der Waals surface area contributed by atoms with Crippen LogP contribution >= 0.6 is 0 Å². The Morgan fingerprint density at radius 1 is 1.29 bits per heavy atom. The zero-order valence-corrected chi connectivity index (χ0v) is 11.2. The molecule has 0 unspecified atom stereocenters. The fraction of sp³-hybridized carbons (Fsp3) is 0.846. The predicted octanol–water partition coefficient (Wildman–Crippen LogP) is 1.82. The molecular weight excluding hydrogens is 218 g/mol. The zero-order valence-electron chi connectivity index (χ0n) is 11.2. The first kappa shape index (κ1) is 14.2. The average Bonchev–Trinajstić information content (AvgIpc) is 2.09. The molecule has 0 saturated carbocycles. The number of nitrogens with one attached hydrogen (secondary N) is 1. The van der Waals surface area contributed by atoms with Gasteiger partial charge in [-0.3, -0.25) is 4.79 Å². The second-order valence-electron chi connectivity index (χ2n) is 6.12. The van der Waals surface area contributed by atoms with Crippen LogP contribution in [0.25, 0.3) is 0 Å². The summed E-state index contributed by atoms with van der Waals surface area (Å²) in [5.41, 5.74) is -0.0608. The highest BCUT2D eigenvalue weighted by Crippen LogP contribution is 2.30. The number of hydrogen-bond donors (Lipinski definition) is 1. The molecule has 0 amide bonds. The SMILES string of the molecule is CC1(C)CC(OC(=O)CCC=O)CC(C)(C)N1. The fourth-order valence-electron chi connectivity index (χ4n) is 2.73. The Morgan fingerprint density at radius 3 is 2.29 bits per heavy atom. The van der Waals surface area contributed by atoms with Gasteiger partial charge in [0, 0.05) is 30.3 Å². The second kappa shape index (κ2) is 5.17. The summed E-state index contributed by atoms with van der Waals surface area (Å²) in [5.74, 6) is -0.268. The molecule has 1 aliphatic heterocycles. The van der Waals surface area contributed by atoms with Crippen molar-refractivity contribution in [3.8, 4) is 0 Å². The molecule has 1 fully saturated rings. The van der Waals surface area contributed by atoms with E-state index in [2.05, 4.69) is 33.0 Å². The van der Waals surface area contributed by atoms with Crippen LogP contribution in [0.4, 0.5) is 0 Å². The maximum Gasteiger partial charge on any atom is 0.306 e. The number of piperidine rings is 1. The molecule has 1 rings (SSSR count). The molecular formula is C13H23NO3. The third-order valence-electron chi connectivity index (χ3n) is 2.92. The van der Waals surface area contributed by atoms with E-state index in [1.807, 2.05) is 0 Å². The molecule has 1 N–H and O–H groups in total. The summed E-state index contributed by atoms with van der Waals surface area (Å²) in [5, 5.41) is 3.53. The number of aldehydes is 1. The van der Waals surface area contributed by atoms with Gasteiger partial charge in [0.05, 0.1) is 6.42 Å². The number of ether oxygens (including phenoxy) is 1. The van der Waals surface area contributed by atoms with Gasteiger partial charge in [0.15, 0.2) is 0 Å². The monoisotopic (exact) mass is 241 g/mol. The summed E-state index contributed by atoms with van der Waals surface area (Å²) in [6, 6.07) is 0. The summed E-state index contributed by atoms with van der Waals surface area (Å²) in [6.07, 6.45) is 2.75. The summed E-state index contributed by atoms with van der Waals surface area (Å²) < 4.78 is 5.43. The first-order valence-electron chi connectivity index (χ1n) is 6.17. The molecule has 4 heteroatoms. The van der Waals surface area contributed by atoms with E-state index >= 15 is 0 Å². The highest BCUT2D eigenvalue weighted by molar-refractivity contribution is 5.72. The maximum atomic E-state index is 11.5. The molecule has 1 heterocycles. The van der Waals surface area contributed by atoms with Crippen LogP contribution in [0.5, 0.6) is 0 Å². The van der Waals surface area contributed by atoms with Crippen LogP contribution in [0.3, 0.4) is 0 Å². The van der Waals surface area contributed by atoms with Gasteiger partial charge in [-0.1, -0.05) is 0 Å². The van der Waals surface area contributed by atoms with E-state index in [-0.39, 0.29) is 36.0 Å². The van der Waals surface area contributed by atoms with Crippen LogP contribution in [0.15, 0.2) is 0 Å². The molecule has 0 aromatic carbocycles. The van der Waals surface area contributed by atoms with E-state index in [4.69, 9.17) is 4.74 Å². The van der Waals surface area contributed by atoms with Crippen molar-refractivity contribution in [1.29, 1.82) is 0 Å². The van der Waals surface area contributed by atoms with Gasteiger partial charge in [-0.2, -0.15) is 0 Å². The fourth-order valence-corrected chi connectivity index (χ4v) is 2.73. The van der Waals surface area contributed by atoms with Gasteiger partial charge in [-0.25, -0.2) is 0 Å². The molecule has 0 spiro atoms. The first-order chi connectivity index (χ1) is 7.74. The zero-order chi connectivity index (χ0) is 13.1. The van der Waals surface area contributed by atoms with Crippen molar-refractivity contribution < 1.29 is 14.3 Å². The van der Waals surface area contributed by atoms with E-state index in [0.717, 1.165) is 19.1 Å². The van der Waals surface area contributed by atoms with Gasteiger partial charge in [-0.15, -0.1) is 0 Å². The van der Waals surface area contributed by atoms with E-state index in [1.165, 1.54) is 0 Å². The van der Waals surface area contributed by atoms with E-state index < -0.39 is 0 Å². The lowest BCUT2D eigenvalue weighted by Gasteiger charge is -2.45. The van der Waals surface area contributed by atoms with Crippen LogP contribution in [-0.4, -0.2) is 29.4 Å². The Kier molecular flexibility index (Phi) is 4.31. The number of carbonyl (C=O) groups is 2. The Hall–Kier alpha value is -0.900. The number of hydrogen-bond acceptors (Lipinski definition) is 4. The van der Waals surface area contributed by atoms with E-state index in [1.54, 1.807) is 0 Å². The minimum atomic E-state index is -0.268. The maximum absolute atomic E-state index is 11.5. The molecule has 0 aromatic heterocycles. The van der Waals surface area contributed by atoms with Crippen LogP contribution in [-0.2, 0) is 14.3 Å². The minimum absolute atomic E-state index is 0.0304. The number of esters is 1. The molecule has 1 saturated heterocycles. The second-order valence-corrected chi connectivity index (χ2v) is 6.12. The summed E-state index contributed by atoms with van der Waals surface area (Å²) in [7, 11) is 0. The smallest absolute Gasteiger partial charge is 0.306 e. The van der Waals surface area contributed by atoms with Crippen molar-refractivity contribution in [2.75, 3.05) is 0 Å². The molecule has 17 heavy (non-hydrogen) atoms. The van der Waals surface area contributed by atoms with Crippen LogP contribution in [0.1, 0.15) is 53.4 Å². The first-order valence-corrected chi connectivity index (χ1v) is 6.17. The van der Waals surface area contributed by atoms with Crippen molar-refractivity contribution in [1.82, 2.24) is 5.32 Å². The normalized spacial score (nSPS) is 23.1. The van der Waals surface area contributed by atoms with Gasteiger partial charge in [0.1, 0.15) is 12.4 Å². The standard InChI is InChI=1S/C13H23NO3/c1-12(2)8-10(9-13(3,4)14-12)17-11(16)6-5-7-15/h7,10,14H,5-6,8-9H2,1-4H3. The number of rotatable bonds is 4. The summed E-state index contributed by atoms with van der Waals surface area (Å²) >= 11 is 0. The van der Waals surface area contributed by atoms with Crippen molar-refractivity contribution in [2.24, 2.45) is 0 Å². The molecule has 0 aliphatic carbocycles. The lowest BCUT2D eigenvalue weighted by atomic mass is 9.81. The average molecular weight is 241 g/mol. The molecule has 0 atom stereocenters. The van der Waals surface area contributed by atoms with Crippen molar-refractivity contribution in [3.05, 3.63) is 0 Å². The molecule has 4 nitrogen and oxygen atoms in total. The van der Waals surface area contributed by atoms with Crippen LogP contribution < -0.4 is 5.32 Å². The Balaban J connectivity index is 2.53. The van der Waals surface area contributed by atoms with Crippen molar-refractivity contribution in [2.45, 2.75) is 70.6 Å². The van der Waals surface area contributed by atoms with Gasteiger partial charge < -0.3 is 14.8 Å². The highest BCUT2D eigenvalue weighted by Gasteiger charge is 2.39. The summed E-state index contributed by atoms with van der Waals surface area (Å²) in [6.45, 7) is 8.45. The van der Waals surface area contributed by atoms with Gasteiger partial charge in [0.2, 0.25) is 0 Å². The Morgan fingerprint density at radius 2 is 1.82 bits per heavy atom. The van der Waals surface area contributed by atoms with E-state index in [0.29, 0.717) is 0 Å². The summed E-state index contributed by atoms with van der Waals surface area (Å²) in [4.78, 5) is 21.7. The Bertz CT molecular complexity index is 281. The molecule has 0 aromatic rings. The van der Waals surface area contributed by atoms with Crippen molar-refractivity contribution >= 4 is 12.3 Å². The third kappa shape index (κ3) is 4.86. The third-order valence-corrected chi connectivity index (χ3v) is 2.92. The number of carbonyl (C=O) groups excluding carboxylic acids is 2. The lowest BCUT2D eigenvalue weighted by Crippen LogP contribution is -2.59.